The SMILES string of the molecule is CC(C)C[NH+](CC(C)C)CC(C)C.CCCC(=O)[O-]. The highest BCUT2D eigenvalue weighted by Gasteiger charge is 2.13. The molecular formula is C16H35NO2. The van der Waals surface area contributed by atoms with Gasteiger partial charge >= 0.3 is 0 Å². The lowest BCUT2D eigenvalue weighted by molar-refractivity contribution is -0.909. The molecule has 0 rings (SSSR count). The van der Waals surface area contributed by atoms with Crippen molar-refractivity contribution in [2.24, 2.45) is 17.8 Å². The van der Waals surface area contributed by atoms with Gasteiger partial charge in [-0.3, -0.25) is 0 Å². The van der Waals surface area contributed by atoms with Crippen LogP contribution in [0.5, 0.6) is 0 Å². The molecule has 0 aromatic carbocycles. The monoisotopic (exact) mass is 273 g/mol. The van der Waals surface area contributed by atoms with Crippen LogP contribution in [-0.4, -0.2) is 25.6 Å². The maximum Gasteiger partial charge on any atom is 0.0794 e. The van der Waals surface area contributed by atoms with Gasteiger partial charge in [0.2, 0.25) is 0 Å². The van der Waals surface area contributed by atoms with Gasteiger partial charge in [-0.15, -0.1) is 0 Å². The summed E-state index contributed by atoms with van der Waals surface area (Å²) in [4.78, 5) is 11.3. The number of carboxylic acids is 1. The highest BCUT2D eigenvalue weighted by Crippen LogP contribution is 1.91. The summed E-state index contributed by atoms with van der Waals surface area (Å²) >= 11 is 0. The molecule has 1 N–H and O–H groups in total. The lowest BCUT2D eigenvalue weighted by Gasteiger charge is -2.24. The second kappa shape index (κ2) is 12.5. The molecule has 0 aromatic rings. The Balaban J connectivity index is 0. The van der Waals surface area contributed by atoms with Crippen molar-refractivity contribution in [3.63, 3.8) is 0 Å². The number of rotatable bonds is 8. The predicted molar refractivity (Wildman–Crippen MR) is 80.0 cm³/mol. The zero-order valence-corrected chi connectivity index (χ0v) is 14.1. The standard InChI is InChI=1S/C12H27N.C4H8O2/c1-10(2)7-13(8-11(3)4)9-12(5)6;1-2-3-4(5)6/h10-12H,7-9H2,1-6H3;2-3H2,1H3,(H,5,6). The van der Waals surface area contributed by atoms with Crippen molar-refractivity contribution < 1.29 is 14.8 Å². The van der Waals surface area contributed by atoms with E-state index in [9.17, 15) is 9.90 Å². The summed E-state index contributed by atoms with van der Waals surface area (Å²) in [5.41, 5.74) is 0. The fraction of sp³-hybridized carbons (Fsp3) is 0.938. The van der Waals surface area contributed by atoms with Crippen molar-refractivity contribution in [1.29, 1.82) is 0 Å². The Morgan fingerprint density at radius 2 is 1.21 bits per heavy atom. The van der Waals surface area contributed by atoms with E-state index in [-0.39, 0.29) is 6.42 Å². The van der Waals surface area contributed by atoms with Gasteiger partial charge in [0.25, 0.3) is 0 Å². The van der Waals surface area contributed by atoms with Crippen molar-refractivity contribution in [3.05, 3.63) is 0 Å². The molecule has 0 aromatic heterocycles. The zero-order valence-electron chi connectivity index (χ0n) is 14.1. The molecule has 0 heterocycles. The molecule has 0 amide bonds. The quantitative estimate of drug-likeness (QED) is 0.726. The second-order valence-electron chi connectivity index (χ2n) is 6.67. The minimum absolute atomic E-state index is 0.181. The molecule has 0 radical (unpaired) electrons. The normalized spacial score (nSPS) is 11.1. The first-order valence-corrected chi connectivity index (χ1v) is 7.72. The van der Waals surface area contributed by atoms with Crippen LogP contribution in [0.15, 0.2) is 0 Å². The first-order valence-electron chi connectivity index (χ1n) is 7.72. The van der Waals surface area contributed by atoms with E-state index in [1.807, 2.05) is 0 Å². The first kappa shape index (κ1) is 20.7. The molecule has 0 spiro atoms. The first-order chi connectivity index (χ1) is 8.68. The number of quaternary nitrogens is 1. The van der Waals surface area contributed by atoms with Gasteiger partial charge in [0, 0.05) is 23.7 Å². The van der Waals surface area contributed by atoms with E-state index >= 15 is 0 Å². The van der Waals surface area contributed by atoms with Crippen LogP contribution in [0.4, 0.5) is 0 Å². The Morgan fingerprint density at radius 3 is 1.32 bits per heavy atom. The van der Waals surface area contributed by atoms with Crippen molar-refractivity contribution in [3.8, 4) is 0 Å². The summed E-state index contributed by atoms with van der Waals surface area (Å²) in [6.45, 7) is 19.7. The molecule has 19 heavy (non-hydrogen) atoms. The van der Waals surface area contributed by atoms with Crippen LogP contribution in [0, 0.1) is 17.8 Å². The van der Waals surface area contributed by atoms with E-state index in [0.29, 0.717) is 6.42 Å². The van der Waals surface area contributed by atoms with Crippen LogP contribution in [0.2, 0.25) is 0 Å². The number of nitrogens with one attached hydrogen (secondary N) is 1. The van der Waals surface area contributed by atoms with Gasteiger partial charge in [-0.2, -0.15) is 0 Å². The van der Waals surface area contributed by atoms with Gasteiger partial charge in [-0.05, 0) is 6.42 Å². The average Bonchev–Trinajstić information content (AvgIpc) is 2.13. The van der Waals surface area contributed by atoms with Crippen LogP contribution in [-0.2, 0) is 4.79 Å². The van der Waals surface area contributed by atoms with Gasteiger partial charge in [0.1, 0.15) is 0 Å². The number of carbonyl (C=O) groups excluding carboxylic acids is 1. The zero-order chi connectivity index (χ0) is 15.4. The summed E-state index contributed by atoms with van der Waals surface area (Å²) in [6, 6.07) is 0. The summed E-state index contributed by atoms with van der Waals surface area (Å²) in [7, 11) is 0. The molecule has 3 nitrogen and oxygen atoms in total. The molecule has 0 fully saturated rings. The summed E-state index contributed by atoms with van der Waals surface area (Å²) in [6.07, 6.45) is 0.850. The van der Waals surface area contributed by atoms with Crippen LogP contribution >= 0.6 is 0 Å². The van der Waals surface area contributed by atoms with E-state index in [1.165, 1.54) is 19.6 Å². The molecule has 0 saturated carbocycles. The third-order valence-electron chi connectivity index (χ3n) is 2.54. The molecule has 0 bridgehead atoms. The summed E-state index contributed by atoms with van der Waals surface area (Å²) in [5, 5.41) is 9.49. The van der Waals surface area contributed by atoms with Crippen LogP contribution in [0.1, 0.15) is 61.3 Å². The van der Waals surface area contributed by atoms with E-state index in [1.54, 1.807) is 11.8 Å². The van der Waals surface area contributed by atoms with Gasteiger partial charge in [-0.25, -0.2) is 0 Å². The molecule has 0 saturated heterocycles. The number of aliphatic carboxylic acids is 1. The summed E-state index contributed by atoms with van der Waals surface area (Å²) < 4.78 is 0. The Kier molecular flexibility index (Phi) is 13.6. The lowest BCUT2D eigenvalue weighted by Crippen LogP contribution is -3.13. The van der Waals surface area contributed by atoms with Crippen molar-refractivity contribution in [1.82, 2.24) is 0 Å². The topological polar surface area (TPSA) is 44.6 Å². The molecule has 3 heteroatoms. The molecule has 116 valence electrons. The van der Waals surface area contributed by atoms with Crippen molar-refractivity contribution in [2.75, 3.05) is 19.6 Å². The third-order valence-corrected chi connectivity index (χ3v) is 2.54. The third kappa shape index (κ3) is 19.9. The van der Waals surface area contributed by atoms with Crippen LogP contribution in [0.25, 0.3) is 0 Å². The van der Waals surface area contributed by atoms with Crippen molar-refractivity contribution >= 4 is 5.97 Å². The number of carbonyl (C=O) groups is 1. The minimum atomic E-state index is -0.961. The van der Waals surface area contributed by atoms with Gasteiger partial charge in [0.05, 0.1) is 19.6 Å². The van der Waals surface area contributed by atoms with E-state index in [0.717, 1.165) is 17.8 Å². The number of carboxylic acid groups (broad SMARTS) is 1. The molecule has 0 atom stereocenters. The molecule has 0 aliphatic carbocycles. The predicted octanol–water partition coefficient (Wildman–Crippen LogP) is 1.38. The molecule has 0 aliphatic heterocycles. The van der Waals surface area contributed by atoms with E-state index in [2.05, 4.69) is 41.5 Å². The minimum Gasteiger partial charge on any atom is -0.550 e. The highest BCUT2D eigenvalue weighted by molar-refractivity contribution is 5.63. The highest BCUT2D eigenvalue weighted by atomic mass is 16.4. The lowest BCUT2D eigenvalue weighted by atomic mass is 10.1. The number of hydrogen-bond acceptors (Lipinski definition) is 2. The Morgan fingerprint density at radius 1 is 0.895 bits per heavy atom. The maximum absolute atomic E-state index is 9.49. The van der Waals surface area contributed by atoms with Crippen molar-refractivity contribution in [2.45, 2.75) is 61.3 Å². The largest absolute Gasteiger partial charge is 0.550 e. The number of hydrogen-bond donors (Lipinski definition) is 1. The van der Waals surface area contributed by atoms with E-state index in [4.69, 9.17) is 0 Å². The molecular weight excluding hydrogens is 238 g/mol. The van der Waals surface area contributed by atoms with Gasteiger partial charge in [-0.1, -0.05) is 54.9 Å². The Labute approximate surface area is 120 Å². The smallest absolute Gasteiger partial charge is 0.0794 e. The van der Waals surface area contributed by atoms with Gasteiger partial charge in [0.15, 0.2) is 0 Å². The molecule has 0 unspecified atom stereocenters. The Hall–Kier alpha value is -0.570. The van der Waals surface area contributed by atoms with Crippen LogP contribution in [0.3, 0.4) is 0 Å². The fourth-order valence-corrected chi connectivity index (χ4v) is 2.19. The Bertz CT molecular complexity index is 189. The average molecular weight is 273 g/mol. The molecule has 0 aliphatic rings. The maximum atomic E-state index is 9.49. The van der Waals surface area contributed by atoms with E-state index < -0.39 is 5.97 Å². The summed E-state index contributed by atoms with van der Waals surface area (Å²) in [5.74, 6) is 1.52. The van der Waals surface area contributed by atoms with Crippen LogP contribution < -0.4 is 10.0 Å². The van der Waals surface area contributed by atoms with Gasteiger partial charge < -0.3 is 14.8 Å². The fourth-order valence-electron chi connectivity index (χ4n) is 2.19. The second-order valence-corrected chi connectivity index (χ2v) is 6.67.